The lowest BCUT2D eigenvalue weighted by Crippen LogP contribution is -2.38. The standard InChI is InChI=1S/C14H26N2O/c1-16(10-13-4-2-3-7-17-13)9-11-8-12-5-6-14(11)15-12/h11-15H,2-10H2,1H3. The minimum atomic E-state index is 0.500. The van der Waals surface area contributed by atoms with Crippen LogP contribution in [0.4, 0.5) is 0 Å². The quantitative estimate of drug-likeness (QED) is 0.805. The van der Waals surface area contributed by atoms with Crippen LogP contribution in [0.3, 0.4) is 0 Å². The van der Waals surface area contributed by atoms with Crippen molar-refractivity contribution in [3.8, 4) is 0 Å². The highest BCUT2D eigenvalue weighted by atomic mass is 16.5. The zero-order valence-corrected chi connectivity index (χ0v) is 11.0. The SMILES string of the molecule is CN(CC1CCCCO1)CC1CC2CCC1N2. The van der Waals surface area contributed by atoms with E-state index in [9.17, 15) is 0 Å². The fourth-order valence-corrected chi connectivity index (χ4v) is 3.91. The van der Waals surface area contributed by atoms with E-state index in [1.807, 2.05) is 0 Å². The third kappa shape index (κ3) is 2.83. The predicted octanol–water partition coefficient (Wildman–Crippen LogP) is 1.63. The van der Waals surface area contributed by atoms with Crippen molar-refractivity contribution in [2.24, 2.45) is 5.92 Å². The molecule has 1 N–H and O–H groups in total. The number of hydrogen-bond donors (Lipinski definition) is 1. The van der Waals surface area contributed by atoms with Crippen LogP contribution < -0.4 is 5.32 Å². The number of likely N-dealkylation sites (N-methyl/N-ethyl adjacent to an activating group) is 1. The lowest BCUT2D eigenvalue weighted by molar-refractivity contribution is -0.00392. The van der Waals surface area contributed by atoms with Gasteiger partial charge in [-0.3, -0.25) is 0 Å². The molecule has 3 heterocycles. The van der Waals surface area contributed by atoms with Crippen LogP contribution in [0.15, 0.2) is 0 Å². The summed E-state index contributed by atoms with van der Waals surface area (Å²) in [7, 11) is 2.27. The molecule has 3 rings (SSSR count). The van der Waals surface area contributed by atoms with Crippen LogP contribution in [0.2, 0.25) is 0 Å². The van der Waals surface area contributed by atoms with Gasteiger partial charge in [-0.05, 0) is 51.5 Å². The zero-order valence-electron chi connectivity index (χ0n) is 11.0. The Kier molecular flexibility index (Phi) is 3.69. The van der Waals surface area contributed by atoms with Gasteiger partial charge in [0.15, 0.2) is 0 Å². The molecule has 0 aliphatic carbocycles. The van der Waals surface area contributed by atoms with E-state index in [4.69, 9.17) is 4.74 Å². The molecule has 3 nitrogen and oxygen atoms in total. The Bertz CT molecular complexity index is 253. The molecule has 0 saturated carbocycles. The fraction of sp³-hybridized carbons (Fsp3) is 1.00. The first-order valence-electron chi connectivity index (χ1n) is 7.37. The normalized spacial score (nSPS) is 41.3. The molecule has 2 bridgehead atoms. The monoisotopic (exact) mass is 238 g/mol. The number of fused-ring (bicyclic) bond motifs is 2. The molecule has 0 spiro atoms. The van der Waals surface area contributed by atoms with Gasteiger partial charge in [0, 0.05) is 31.8 Å². The Labute approximate surface area is 105 Å². The average molecular weight is 238 g/mol. The van der Waals surface area contributed by atoms with Crippen molar-refractivity contribution < 1.29 is 4.74 Å². The van der Waals surface area contributed by atoms with Gasteiger partial charge in [-0.15, -0.1) is 0 Å². The van der Waals surface area contributed by atoms with E-state index in [1.54, 1.807) is 0 Å². The van der Waals surface area contributed by atoms with Gasteiger partial charge >= 0.3 is 0 Å². The summed E-state index contributed by atoms with van der Waals surface area (Å²) in [4.78, 5) is 2.50. The molecule has 0 aromatic carbocycles. The molecular weight excluding hydrogens is 212 g/mol. The van der Waals surface area contributed by atoms with Crippen molar-refractivity contribution in [1.29, 1.82) is 0 Å². The van der Waals surface area contributed by atoms with Gasteiger partial charge in [-0.1, -0.05) is 0 Å². The van der Waals surface area contributed by atoms with Gasteiger partial charge in [0.25, 0.3) is 0 Å². The van der Waals surface area contributed by atoms with E-state index in [1.165, 1.54) is 45.1 Å². The Morgan fingerprint density at radius 2 is 2.12 bits per heavy atom. The molecule has 0 aromatic rings. The highest BCUT2D eigenvalue weighted by Crippen LogP contribution is 2.33. The summed E-state index contributed by atoms with van der Waals surface area (Å²) in [6, 6.07) is 1.65. The number of rotatable bonds is 4. The van der Waals surface area contributed by atoms with E-state index in [-0.39, 0.29) is 0 Å². The van der Waals surface area contributed by atoms with Crippen molar-refractivity contribution in [2.45, 2.75) is 56.7 Å². The summed E-state index contributed by atoms with van der Waals surface area (Å²) in [5.41, 5.74) is 0. The summed E-state index contributed by atoms with van der Waals surface area (Å²) >= 11 is 0. The van der Waals surface area contributed by atoms with Crippen molar-refractivity contribution in [2.75, 3.05) is 26.7 Å². The second kappa shape index (κ2) is 5.25. The lowest BCUT2D eigenvalue weighted by Gasteiger charge is -2.30. The van der Waals surface area contributed by atoms with Gasteiger partial charge in [0.2, 0.25) is 0 Å². The predicted molar refractivity (Wildman–Crippen MR) is 69.1 cm³/mol. The molecule has 98 valence electrons. The van der Waals surface area contributed by atoms with Crippen LogP contribution in [0.25, 0.3) is 0 Å². The summed E-state index contributed by atoms with van der Waals surface area (Å²) in [5, 5.41) is 3.73. The molecule has 3 heteroatoms. The van der Waals surface area contributed by atoms with Crippen LogP contribution >= 0.6 is 0 Å². The van der Waals surface area contributed by atoms with E-state index >= 15 is 0 Å². The van der Waals surface area contributed by atoms with Crippen LogP contribution in [0.1, 0.15) is 38.5 Å². The number of nitrogens with one attached hydrogen (secondary N) is 1. The summed E-state index contributed by atoms with van der Waals surface area (Å²) < 4.78 is 5.82. The fourth-order valence-electron chi connectivity index (χ4n) is 3.91. The van der Waals surface area contributed by atoms with Crippen LogP contribution in [-0.2, 0) is 4.74 Å². The largest absolute Gasteiger partial charge is 0.377 e. The van der Waals surface area contributed by atoms with Crippen LogP contribution in [-0.4, -0.2) is 49.8 Å². The summed E-state index contributed by atoms with van der Waals surface area (Å²) in [6.07, 6.45) is 8.60. The highest BCUT2D eigenvalue weighted by molar-refractivity contribution is 4.98. The maximum absolute atomic E-state index is 5.82. The van der Waals surface area contributed by atoms with Crippen LogP contribution in [0, 0.1) is 5.92 Å². The summed E-state index contributed by atoms with van der Waals surface area (Å²) in [6.45, 7) is 3.37. The maximum atomic E-state index is 5.82. The van der Waals surface area contributed by atoms with E-state index < -0.39 is 0 Å². The van der Waals surface area contributed by atoms with Gasteiger partial charge in [0.05, 0.1) is 6.10 Å². The minimum absolute atomic E-state index is 0.500. The van der Waals surface area contributed by atoms with Gasteiger partial charge in [0.1, 0.15) is 0 Å². The Morgan fingerprint density at radius 1 is 1.18 bits per heavy atom. The molecule has 3 fully saturated rings. The molecule has 0 radical (unpaired) electrons. The molecule has 17 heavy (non-hydrogen) atoms. The van der Waals surface area contributed by atoms with E-state index in [0.29, 0.717) is 6.10 Å². The van der Waals surface area contributed by atoms with Gasteiger partial charge in [-0.2, -0.15) is 0 Å². The number of nitrogens with zero attached hydrogens (tertiary/aromatic N) is 1. The molecule has 3 saturated heterocycles. The van der Waals surface area contributed by atoms with Crippen molar-refractivity contribution >= 4 is 0 Å². The first-order chi connectivity index (χ1) is 8.31. The molecular formula is C14H26N2O. The molecule has 4 atom stereocenters. The van der Waals surface area contributed by atoms with Crippen molar-refractivity contribution in [3.63, 3.8) is 0 Å². The van der Waals surface area contributed by atoms with Gasteiger partial charge in [-0.25, -0.2) is 0 Å². The smallest absolute Gasteiger partial charge is 0.0701 e. The molecule has 0 amide bonds. The summed E-state index contributed by atoms with van der Waals surface area (Å²) in [5.74, 6) is 0.891. The highest BCUT2D eigenvalue weighted by Gasteiger charge is 2.39. The minimum Gasteiger partial charge on any atom is -0.377 e. The third-order valence-corrected chi connectivity index (χ3v) is 4.77. The topological polar surface area (TPSA) is 24.5 Å². The van der Waals surface area contributed by atoms with E-state index in [0.717, 1.165) is 31.2 Å². The molecule has 3 aliphatic rings. The Balaban J connectivity index is 1.42. The molecule has 4 unspecified atom stereocenters. The molecule has 0 aromatic heterocycles. The Morgan fingerprint density at radius 3 is 2.76 bits per heavy atom. The zero-order chi connectivity index (χ0) is 11.7. The maximum Gasteiger partial charge on any atom is 0.0701 e. The molecule has 3 aliphatic heterocycles. The lowest BCUT2D eigenvalue weighted by atomic mass is 9.89. The van der Waals surface area contributed by atoms with Gasteiger partial charge < -0.3 is 15.0 Å². The van der Waals surface area contributed by atoms with Crippen LogP contribution in [0.5, 0.6) is 0 Å². The Hall–Kier alpha value is -0.120. The second-order valence-electron chi connectivity index (χ2n) is 6.25. The number of ether oxygens (including phenoxy) is 1. The third-order valence-electron chi connectivity index (χ3n) is 4.77. The van der Waals surface area contributed by atoms with Crippen molar-refractivity contribution in [1.82, 2.24) is 10.2 Å². The van der Waals surface area contributed by atoms with E-state index in [2.05, 4.69) is 17.3 Å². The average Bonchev–Trinajstić information content (AvgIpc) is 2.92. The first-order valence-corrected chi connectivity index (χ1v) is 7.37. The second-order valence-corrected chi connectivity index (χ2v) is 6.25. The van der Waals surface area contributed by atoms with Crippen molar-refractivity contribution in [3.05, 3.63) is 0 Å². The number of hydrogen-bond acceptors (Lipinski definition) is 3. The first kappa shape index (κ1) is 11.9.